The highest BCUT2D eigenvalue weighted by molar-refractivity contribution is 5.75. The first-order valence-corrected chi connectivity index (χ1v) is 4.18. The molecular weight excluding hydrogens is 140 g/mol. The van der Waals surface area contributed by atoms with E-state index in [-0.39, 0.29) is 11.9 Å². The Morgan fingerprint density at radius 2 is 2.09 bits per heavy atom. The average molecular weight is 158 g/mol. The van der Waals surface area contributed by atoms with Gasteiger partial charge in [0.05, 0.1) is 0 Å². The molecule has 0 fully saturated rings. The van der Waals surface area contributed by atoms with E-state index in [0.29, 0.717) is 6.42 Å². The van der Waals surface area contributed by atoms with Crippen molar-refractivity contribution in [3.8, 4) is 0 Å². The number of amides is 1. The van der Waals surface area contributed by atoms with Gasteiger partial charge in [-0.25, -0.2) is 0 Å². The van der Waals surface area contributed by atoms with Crippen molar-refractivity contribution in [2.45, 2.75) is 32.7 Å². The van der Waals surface area contributed by atoms with Crippen LogP contribution in [0.5, 0.6) is 0 Å². The number of carbonyl (C=O) groups excluding carboxylic acids is 1. The molecule has 0 aromatic rings. The summed E-state index contributed by atoms with van der Waals surface area (Å²) >= 11 is 0. The lowest BCUT2D eigenvalue weighted by Crippen LogP contribution is -2.40. The Bertz CT molecular complexity index is 115. The highest BCUT2D eigenvalue weighted by Gasteiger charge is 2.06. The molecular formula is C8H18N2O. The molecule has 0 spiro atoms. The third-order valence-corrected chi connectivity index (χ3v) is 1.63. The van der Waals surface area contributed by atoms with E-state index in [1.165, 1.54) is 0 Å². The fourth-order valence-electron chi connectivity index (χ4n) is 0.874. The smallest absolute Gasteiger partial charge is 0.219 e. The Morgan fingerprint density at radius 3 is 2.45 bits per heavy atom. The van der Waals surface area contributed by atoms with E-state index in [9.17, 15) is 4.79 Å². The first-order valence-electron chi connectivity index (χ1n) is 4.18. The van der Waals surface area contributed by atoms with Gasteiger partial charge in [0.15, 0.2) is 0 Å². The van der Waals surface area contributed by atoms with Gasteiger partial charge in [-0.1, -0.05) is 13.8 Å². The maximum absolute atomic E-state index is 10.9. The number of hydrogen-bond donors (Lipinski definition) is 2. The largest absolute Gasteiger partial charge is 0.352 e. The van der Waals surface area contributed by atoms with Crippen LogP contribution in [0.1, 0.15) is 26.7 Å². The standard InChI is InChI=1S/C8H18N2O/c1-4-7(6-9-3)10-8(11)5-2/h7,9H,4-6H2,1-3H3,(H,10,11)/t7-/m0/s1. The van der Waals surface area contributed by atoms with Crippen LogP contribution in [-0.4, -0.2) is 25.5 Å². The monoisotopic (exact) mass is 158 g/mol. The lowest BCUT2D eigenvalue weighted by Gasteiger charge is -2.15. The van der Waals surface area contributed by atoms with E-state index < -0.39 is 0 Å². The van der Waals surface area contributed by atoms with Crippen LogP contribution in [0.4, 0.5) is 0 Å². The average Bonchev–Trinajstić information content (AvgIpc) is 2.03. The molecule has 0 radical (unpaired) electrons. The summed E-state index contributed by atoms with van der Waals surface area (Å²) in [4.78, 5) is 10.9. The second-order valence-corrected chi connectivity index (χ2v) is 2.58. The summed E-state index contributed by atoms with van der Waals surface area (Å²) in [7, 11) is 1.89. The molecule has 0 rings (SSSR count). The van der Waals surface area contributed by atoms with E-state index in [1.807, 2.05) is 14.0 Å². The number of hydrogen-bond acceptors (Lipinski definition) is 2. The number of carbonyl (C=O) groups is 1. The molecule has 1 amide bonds. The normalized spacial score (nSPS) is 12.6. The van der Waals surface area contributed by atoms with Gasteiger partial charge < -0.3 is 10.6 Å². The minimum absolute atomic E-state index is 0.132. The Labute approximate surface area is 68.6 Å². The van der Waals surface area contributed by atoms with Crippen molar-refractivity contribution in [2.75, 3.05) is 13.6 Å². The highest BCUT2D eigenvalue weighted by Crippen LogP contribution is 1.89. The molecule has 0 aromatic heterocycles. The van der Waals surface area contributed by atoms with Gasteiger partial charge in [0.2, 0.25) is 5.91 Å². The lowest BCUT2D eigenvalue weighted by molar-refractivity contribution is -0.121. The van der Waals surface area contributed by atoms with Gasteiger partial charge in [-0.3, -0.25) is 4.79 Å². The van der Waals surface area contributed by atoms with Gasteiger partial charge in [0, 0.05) is 19.0 Å². The molecule has 0 aliphatic heterocycles. The van der Waals surface area contributed by atoms with Crippen LogP contribution < -0.4 is 10.6 Å². The molecule has 0 saturated heterocycles. The predicted molar refractivity (Wildman–Crippen MR) is 46.4 cm³/mol. The second-order valence-electron chi connectivity index (χ2n) is 2.58. The molecule has 0 aliphatic rings. The third kappa shape index (κ3) is 4.79. The molecule has 2 N–H and O–H groups in total. The maximum Gasteiger partial charge on any atom is 0.219 e. The minimum Gasteiger partial charge on any atom is -0.352 e. The molecule has 3 heteroatoms. The highest BCUT2D eigenvalue weighted by atomic mass is 16.1. The zero-order valence-electron chi connectivity index (χ0n) is 7.61. The molecule has 0 heterocycles. The Kier molecular flexibility index (Phi) is 5.84. The van der Waals surface area contributed by atoms with Crippen LogP contribution in [0.3, 0.4) is 0 Å². The van der Waals surface area contributed by atoms with Crippen molar-refractivity contribution in [3.05, 3.63) is 0 Å². The third-order valence-electron chi connectivity index (χ3n) is 1.63. The quantitative estimate of drug-likeness (QED) is 0.612. The van der Waals surface area contributed by atoms with Crippen molar-refractivity contribution in [2.24, 2.45) is 0 Å². The van der Waals surface area contributed by atoms with Crippen molar-refractivity contribution >= 4 is 5.91 Å². The zero-order valence-corrected chi connectivity index (χ0v) is 7.61. The van der Waals surface area contributed by atoms with Crippen LogP contribution in [0, 0.1) is 0 Å². The van der Waals surface area contributed by atoms with Gasteiger partial charge >= 0.3 is 0 Å². The van der Waals surface area contributed by atoms with Crippen molar-refractivity contribution in [1.29, 1.82) is 0 Å². The van der Waals surface area contributed by atoms with Crippen molar-refractivity contribution in [1.82, 2.24) is 10.6 Å². The van der Waals surface area contributed by atoms with Gasteiger partial charge in [0.25, 0.3) is 0 Å². The zero-order chi connectivity index (χ0) is 8.69. The van der Waals surface area contributed by atoms with Crippen molar-refractivity contribution in [3.63, 3.8) is 0 Å². The molecule has 0 bridgehead atoms. The summed E-state index contributed by atoms with van der Waals surface area (Å²) in [5.74, 6) is 0.132. The SMILES string of the molecule is CCC(=O)N[C@@H](CC)CNC. The van der Waals surface area contributed by atoms with E-state index >= 15 is 0 Å². The second kappa shape index (κ2) is 6.16. The molecule has 0 saturated carbocycles. The van der Waals surface area contributed by atoms with Gasteiger partial charge in [-0.15, -0.1) is 0 Å². The van der Waals surface area contributed by atoms with Crippen LogP contribution >= 0.6 is 0 Å². The fourth-order valence-corrected chi connectivity index (χ4v) is 0.874. The van der Waals surface area contributed by atoms with E-state index in [2.05, 4.69) is 17.6 Å². The van der Waals surface area contributed by atoms with Crippen LogP contribution in [0.15, 0.2) is 0 Å². The first kappa shape index (κ1) is 10.4. The van der Waals surface area contributed by atoms with Crippen LogP contribution in [-0.2, 0) is 4.79 Å². The van der Waals surface area contributed by atoms with Crippen LogP contribution in [0.2, 0.25) is 0 Å². The summed E-state index contributed by atoms with van der Waals surface area (Å²) in [6.07, 6.45) is 1.55. The molecule has 11 heavy (non-hydrogen) atoms. The number of rotatable bonds is 5. The van der Waals surface area contributed by atoms with Gasteiger partial charge in [-0.05, 0) is 13.5 Å². The molecule has 1 atom stereocenters. The molecule has 0 aromatic carbocycles. The first-order chi connectivity index (χ1) is 5.24. The number of nitrogens with one attached hydrogen (secondary N) is 2. The Balaban J connectivity index is 3.58. The topological polar surface area (TPSA) is 41.1 Å². The summed E-state index contributed by atoms with van der Waals surface area (Å²) in [6.45, 7) is 4.78. The Hall–Kier alpha value is -0.570. The summed E-state index contributed by atoms with van der Waals surface area (Å²) < 4.78 is 0. The Morgan fingerprint density at radius 1 is 1.45 bits per heavy atom. The maximum atomic E-state index is 10.9. The fraction of sp³-hybridized carbons (Fsp3) is 0.875. The summed E-state index contributed by atoms with van der Waals surface area (Å²) in [6, 6.07) is 0.285. The van der Waals surface area contributed by atoms with E-state index in [4.69, 9.17) is 0 Å². The van der Waals surface area contributed by atoms with Gasteiger partial charge in [0.1, 0.15) is 0 Å². The van der Waals surface area contributed by atoms with E-state index in [0.717, 1.165) is 13.0 Å². The minimum atomic E-state index is 0.132. The van der Waals surface area contributed by atoms with Crippen LogP contribution in [0.25, 0.3) is 0 Å². The lowest BCUT2D eigenvalue weighted by atomic mass is 10.2. The van der Waals surface area contributed by atoms with Crippen molar-refractivity contribution < 1.29 is 4.79 Å². The van der Waals surface area contributed by atoms with Gasteiger partial charge in [-0.2, -0.15) is 0 Å². The predicted octanol–water partition coefficient (Wildman–Crippen LogP) is 0.511. The van der Waals surface area contributed by atoms with E-state index in [1.54, 1.807) is 0 Å². The summed E-state index contributed by atoms with van der Waals surface area (Å²) in [5, 5.41) is 5.95. The summed E-state index contributed by atoms with van der Waals surface area (Å²) in [5.41, 5.74) is 0. The molecule has 3 nitrogen and oxygen atoms in total. The molecule has 66 valence electrons. The molecule has 0 unspecified atom stereocenters. The molecule has 0 aliphatic carbocycles. The number of likely N-dealkylation sites (N-methyl/N-ethyl adjacent to an activating group) is 1.